The minimum atomic E-state index is -4.26. The number of anilines is 1. The quantitative estimate of drug-likeness (QED) is 0.646. The van der Waals surface area contributed by atoms with Crippen molar-refractivity contribution in [2.75, 3.05) is 11.1 Å². The Morgan fingerprint density at radius 1 is 1.24 bits per heavy atom. The highest BCUT2D eigenvalue weighted by Gasteiger charge is 2.27. The van der Waals surface area contributed by atoms with Gasteiger partial charge in [-0.15, -0.1) is 0 Å². The van der Waals surface area contributed by atoms with Crippen molar-refractivity contribution in [2.24, 2.45) is 0 Å². The minimum Gasteiger partial charge on any atom is -0.345 e. The second kappa shape index (κ2) is 9.73. The topological polar surface area (TPSA) is 84.0 Å². The van der Waals surface area contributed by atoms with Crippen LogP contribution in [0.4, 0.5) is 19.0 Å². The van der Waals surface area contributed by atoms with E-state index in [2.05, 4.69) is 20.6 Å². The molecule has 1 atom stereocenters. The molecule has 29 heavy (non-hydrogen) atoms. The van der Waals surface area contributed by atoms with Crippen LogP contribution in [-0.2, 0) is 4.79 Å². The van der Waals surface area contributed by atoms with Crippen molar-refractivity contribution in [2.45, 2.75) is 44.4 Å². The van der Waals surface area contributed by atoms with E-state index in [1.54, 1.807) is 32.9 Å². The molecule has 0 aliphatic rings. The normalized spacial score (nSPS) is 12.3. The summed E-state index contributed by atoms with van der Waals surface area (Å²) in [5, 5.41) is 5.68. The number of carbonyl (C=O) groups excluding carboxylic acids is 2. The van der Waals surface area contributed by atoms with Crippen LogP contribution in [0.1, 0.15) is 47.9 Å². The molecule has 0 radical (unpaired) electrons. The predicted octanol–water partition coefficient (Wildman–Crippen LogP) is 4.28. The molecular formula is C19H21F3N4O2S. The predicted molar refractivity (Wildman–Crippen MR) is 105 cm³/mol. The number of rotatable bonds is 7. The third-order valence-corrected chi connectivity index (χ3v) is 4.80. The summed E-state index contributed by atoms with van der Waals surface area (Å²) in [6.07, 6.45) is -2.53. The molecule has 0 aromatic carbocycles. The molecule has 2 aromatic rings. The fourth-order valence-corrected chi connectivity index (χ4v) is 2.95. The van der Waals surface area contributed by atoms with Gasteiger partial charge in [0.2, 0.25) is 5.91 Å². The van der Waals surface area contributed by atoms with E-state index < -0.39 is 18.0 Å². The highest BCUT2D eigenvalue weighted by Crippen LogP contribution is 2.26. The fraction of sp³-hybridized carbons (Fsp3) is 0.368. The Morgan fingerprint density at radius 2 is 1.97 bits per heavy atom. The van der Waals surface area contributed by atoms with Gasteiger partial charge >= 0.3 is 6.18 Å². The molecule has 1 unspecified atom stereocenters. The summed E-state index contributed by atoms with van der Waals surface area (Å²) in [5.74, 6) is -1.30. The second-order valence-electron chi connectivity index (χ2n) is 6.31. The summed E-state index contributed by atoms with van der Waals surface area (Å²) in [5.41, 5.74) is 1.56. The summed E-state index contributed by atoms with van der Waals surface area (Å²) in [4.78, 5) is 32.3. The zero-order valence-electron chi connectivity index (χ0n) is 16.1. The second-order valence-corrected chi connectivity index (χ2v) is 7.31. The van der Waals surface area contributed by atoms with Gasteiger partial charge in [-0.1, -0.05) is 24.8 Å². The van der Waals surface area contributed by atoms with Crippen LogP contribution in [0, 0.1) is 6.92 Å². The van der Waals surface area contributed by atoms with Gasteiger partial charge in [-0.05, 0) is 37.6 Å². The van der Waals surface area contributed by atoms with E-state index in [1.807, 2.05) is 0 Å². The lowest BCUT2D eigenvalue weighted by Crippen LogP contribution is -2.27. The van der Waals surface area contributed by atoms with Crippen molar-refractivity contribution in [3.05, 3.63) is 47.3 Å². The lowest BCUT2D eigenvalue weighted by atomic mass is 10.1. The molecule has 0 aliphatic heterocycles. The maximum absolute atomic E-state index is 12.6. The molecule has 0 saturated heterocycles. The van der Waals surface area contributed by atoms with E-state index in [0.717, 1.165) is 0 Å². The number of halogens is 3. The molecule has 2 rings (SSSR count). The van der Waals surface area contributed by atoms with Gasteiger partial charge in [-0.2, -0.15) is 13.2 Å². The first-order valence-corrected chi connectivity index (χ1v) is 9.81. The average Bonchev–Trinajstić information content (AvgIpc) is 2.65. The summed E-state index contributed by atoms with van der Waals surface area (Å²) in [6, 6.07) is 5.78. The molecule has 0 spiro atoms. The van der Waals surface area contributed by atoms with E-state index in [0.29, 0.717) is 40.8 Å². The number of alkyl halides is 3. The standard InChI is InChI=1S/C19H21F3N4O2S/c1-4-16(27)26-15-8-14(7-11(2)24-15)18(28)25-12(3)13-5-6-17(23-9-13)29-10-19(20,21)22/h5-9,12H,4,10H2,1-3H3,(H,25,28)(H,24,26,27). The molecule has 0 aliphatic carbocycles. The maximum atomic E-state index is 12.6. The monoisotopic (exact) mass is 426 g/mol. The Bertz CT molecular complexity index is 873. The van der Waals surface area contributed by atoms with Crippen LogP contribution >= 0.6 is 11.8 Å². The number of thioether (sulfide) groups is 1. The summed E-state index contributed by atoms with van der Waals surface area (Å²) in [6.45, 7) is 5.16. The number of hydrogen-bond donors (Lipinski definition) is 2. The first-order valence-electron chi connectivity index (χ1n) is 8.82. The average molecular weight is 426 g/mol. The molecule has 0 bridgehead atoms. The van der Waals surface area contributed by atoms with Gasteiger partial charge in [0.15, 0.2) is 0 Å². The third-order valence-electron chi connectivity index (χ3n) is 3.79. The molecule has 0 fully saturated rings. The lowest BCUT2D eigenvalue weighted by Gasteiger charge is -2.15. The Labute approximate surface area is 170 Å². The van der Waals surface area contributed by atoms with Crippen LogP contribution in [-0.4, -0.2) is 33.7 Å². The largest absolute Gasteiger partial charge is 0.398 e. The van der Waals surface area contributed by atoms with Crippen molar-refractivity contribution in [1.29, 1.82) is 0 Å². The zero-order chi connectivity index (χ0) is 21.6. The van der Waals surface area contributed by atoms with Crippen LogP contribution < -0.4 is 10.6 Å². The van der Waals surface area contributed by atoms with E-state index in [4.69, 9.17) is 0 Å². The smallest absolute Gasteiger partial charge is 0.345 e. The van der Waals surface area contributed by atoms with Gasteiger partial charge in [0.25, 0.3) is 5.91 Å². The third kappa shape index (κ3) is 7.37. The Morgan fingerprint density at radius 3 is 2.55 bits per heavy atom. The number of nitrogens with one attached hydrogen (secondary N) is 2. The Hall–Kier alpha value is -2.62. The van der Waals surface area contributed by atoms with E-state index in [-0.39, 0.29) is 16.8 Å². The van der Waals surface area contributed by atoms with Crippen LogP contribution in [0.5, 0.6) is 0 Å². The number of amides is 2. The fourth-order valence-electron chi connectivity index (χ4n) is 2.35. The Kier molecular flexibility index (Phi) is 7.60. The molecule has 2 amide bonds. The number of hydrogen-bond acceptors (Lipinski definition) is 5. The van der Waals surface area contributed by atoms with Crippen molar-refractivity contribution in [1.82, 2.24) is 15.3 Å². The van der Waals surface area contributed by atoms with Gasteiger partial charge in [-0.3, -0.25) is 9.59 Å². The number of aryl methyl sites for hydroxylation is 1. The SMILES string of the molecule is CCC(=O)Nc1cc(C(=O)NC(C)c2ccc(SCC(F)(F)F)nc2)cc(C)n1. The van der Waals surface area contributed by atoms with Crippen molar-refractivity contribution in [3.8, 4) is 0 Å². The molecule has 10 heteroatoms. The molecule has 2 aromatic heterocycles. The number of nitrogens with zero attached hydrogens (tertiary/aromatic N) is 2. The van der Waals surface area contributed by atoms with Gasteiger partial charge in [0.1, 0.15) is 5.82 Å². The highest BCUT2D eigenvalue weighted by atomic mass is 32.2. The first kappa shape index (κ1) is 22.7. The van der Waals surface area contributed by atoms with Crippen molar-refractivity contribution < 1.29 is 22.8 Å². The van der Waals surface area contributed by atoms with Gasteiger partial charge < -0.3 is 10.6 Å². The minimum absolute atomic E-state index is 0.211. The van der Waals surface area contributed by atoms with Crippen LogP contribution in [0.25, 0.3) is 0 Å². The molecular weight excluding hydrogens is 405 g/mol. The van der Waals surface area contributed by atoms with Gasteiger partial charge in [0.05, 0.1) is 16.8 Å². The van der Waals surface area contributed by atoms with Crippen molar-refractivity contribution >= 4 is 29.4 Å². The van der Waals surface area contributed by atoms with Crippen LogP contribution in [0.2, 0.25) is 0 Å². The molecule has 0 saturated carbocycles. The van der Waals surface area contributed by atoms with E-state index >= 15 is 0 Å². The highest BCUT2D eigenvalue weighted by molar-refractivity contribution is 7.99. The molecule has 2 N–H and O–H groups in total. The first-order chi connectivity index (χ1) is 13.6. The number of pyridine rings is 2. The molecule has 6 nitrogen and oxygen atoms in total. The van der Waals surface area contributed by atoms with Crippen LogP contribution in [0.15, 0.2) is 35.5 Å². The zero-order valence-corrected chi connectivity index (χ0v) is 16.9. The summed E-state index contributed by atoms with van der Waals surface area (Å²) in [7, 11) is 0. The van der Waals surface area contributed by atoms with E-state index in [9.17, 15) is 22.8 Å². The van der Waals surface area contributed by atoms with Crippen LogP contribution in [0.3, 0.4) is 0 Å². The van der Waals surface area contributed by atoms with Crippen molar-refractivity contribution in [3.63, 3.8) is 0 Å². The summed E-state index contributed by atoms with van der Waals surface area (Å²) >= 11 is 0.603. The van der Waals surface area contributed by atoms with Gasteiger partial charge in [0, 0.05) is 23.9 Å². The lowest BCUT2D eigenvalue weighted by molar-refractivity contribution is -0.116. The maximum Gasteiger partial charge on any atom is 0.398 e. The van der Waals surface area contributed by atoms with Gasteiger partial charge in [-0.25, -0.2) is 9.97 Å². The Balaban J connectivity index is 2.04. The summed E-state index contributed by atoms with van der Waals surface area (Å²) < 4.78 is 36.8. The van der Waals surface area contributed by atoms with E-state index in [1.165, 1.54) is 18.3 Å². The number of aromatic nitrogens is 2. The molecule has 156 valence electrons. The molecule has 2 heterocycles. The number of carbonyl (C=O) groups is 2.